The second-order valence-corrected chi connectivity index (χ2v) is 16.2. The summed E-state index contributed by atoms with van der Waals surface area (Å²) in [6.07, 6.45) is 9.02. The van der Waals surface area contributed by atoms with E-state index in [1.807, 2.05) is 32.0 Å². The first-order chi connectivity index (χ1) is 29.5. The summed E-state index contributed by atoms with van der Waals surface area (Å²) in [5, 5.41) is 8.22. The Balaban J connectivity index is 0.00000201. The lowest BCUT2D eigenvalue weighted by atomic mass is 9.84. The maximum absolute atomic E-state index is 6.52. The van der Waals surface area contributed by atoms with Gasteiger partial charge in [-0.05, 0) is 87.4 Å². The van der Waals surface area contributed by atoms with Gasteiger partial charge in [0.25, 0.3) is 0 Å². The van der Waals surface area contributed by atoms with Crippen molar-refractivity contribution in [1.82, 2.24) is 19.5 Å². The van der Waals surface area contributed by atoms with Crippen molar-refractivity contribution in [2.45, 2.75) is 40.5 Å². The quantitative estimate of drug-likeness (QED) is 0.179. The molecule has 5 nitrogen and oxygen atoms in total. The first kappa shape index (κ1) is 36.0. The molecule has 2 aliphatic rings. The van der Waals surface area contributed by atoms with E-state index in [2.05, 4.69) is 158 Å². The van der Waals surface area contributed by atoms with Crippen molar-refractivity contribution < 1.29 is 4.42 Å². The van der Waals surface area contributed by atoms with E-state index in [4.69, 9.17) is 19.4 Å². The Kier molecular flexibility index (Phi) is 8.59. The molecule has 7 aromatic carbocycles. The minimum Gasteiger partial charge on any atom is -0.456 e. The van der Waals surface area contributed by atoms with Gasteiger partial charge < -0.3 is 4.42 Å². The Morgan fingerprint density at radius 3 is 2.13 bits per heavy atom. The number of fused-ring (bicyclic) bond motifs is 11. The number of nitrogens with zero attached hydrogens (tertiary/aromatic N) is 4. The minimum atomic E-state index is 0.313. The molecule has 0 spiro atoms. The van der Waals surface area contributed by atoms with E-state index in [9.17, 15) is 0 Å². The van der Waals surface area contributed by atoms with Crippen molar-refractivity contribution in [2.24, 2.45) is 11.8 Å². The Hall–Kier alpha value is -7.11. The molecule has 2 atom stereocenters. The first-order valence-corrected chi connectivity index (χ1v) is 21.3. The van der Waals surface area contributed by atoms with Gasteiger partial charge in [-0.2, -0.15) is 9.97 Å². The third-order valence-electron chi connectivity index (χ3n) is 12.3. The molecule has 0 bridgehead atoms. The SMILES string of the molecule is CC.CC1C=Cc2c(ccc3oc4ccc(C5=CC(C)Cc6c5n(-c5nc(-c7ccccc7)nc(-c7ccc8ccccc8c7)n5)c5c6ccc6ccccc65)cc4c23)C1. The molecule has 10 aromatic rings. The molecular weight excluding hydrogens is 733 g/mol. The molecule has 0 radical (unpaired) electrons. The van der Waals surface area contributed by atoms with Gasteiger partial charge in [0.1, 0.15) is 11.2 Å². The van der Waals surface area contributed by atoms with Crippen LogP contribution in [0.4, 0.5) is 0 Å². The van der Waals surface area contributed by atoms with E-state index in [0.29, 0.717) is 29.4 Å². The molecule has 0 saturated heterocycles. The third kappa shape index (κ3) is 5.79. The molecule has 3 aromatic heterocycles. The predicted octanol–water partition coefficient (Wildman–Crippen LogP) is 14.2. The fourth-order valence-corrected chi connectivity index (χ4v) is 9.57. The van der Waals surface area contributed by atoms with Gasteiger partial charge in [-0.1, -0.05) is 161 Å². The number of rotatable bonds is 4. The Bertz CT molecular complexity index is 3380. The average Bonchev–Trinajstić information content (AvgIpc) is 3.85. The molecule has 0 fully saturated rings. The van der Waals surface area contributed by atoms with E-state index in [1.54, 1.807) is 0 Å². The van der Waals surface area contributed by atoms with Gasteiger partial charge in [-0.15, -0.1) is 0 Å². The zero-order valence-corrected chi connectivity index (χ0v) is 34.3. The number of hydrogen-bond donors (Lipinski definition) is 0. The van der Waals surface area contributed by atoms with Crippen LogP contribution in [0.15, 0.2) is 156 Å². The van der Waals surface area contributed by atoms with E-state index in [1.165, 1.54) is 49.2 Å². The number of allylic oxidation sites excluding steroid dienone is 2. The monoisotopic (exact) mass is 776 g/mol. The third-order valence-corrected chi connectivity index (χ3v) is 12.3. The van der Waals surface area contributed by atoms with Gasteiger partial charge in [-0.3, -0.25) is 4.57 Å². The number of furan rings is 1. The zero-order chi connectivity index (χ0) is 40.5. The van der Waals surface area contributed by atoms with Gasteiger partial charge >= 0.3 is 0 Å². The molecule has 0 aliphatic heterocycles. The van der Waals surface area contributed by atoms with E-state index >= 15 is 0 Å². The summed E-state index contributed by atoms with van der Waals surface area (Å²) in [7, 11) is 0. The largest absolute Gasteiger partial charge is 0.456 e. The maximum Gasteiger partial charge on any atom is 0.238 e. The molecule has 0 amide bonds. The summed E-state index contributed by atoms with van der Waals surface area (Å²) in [6.45, 7) is 8.61. The predicted molar refractivity (Wildman–Crippen MR) is 249 cm³/mol. The molecule has 0 N–H and O–H groups in total. The van der Waals surface area contributed by atoms with Crippen molar-refractivity contribution in [2.75, 3.05) is 0 Å². The summed E-state index contributed by atoms with van der Waals surface area (Å²) in [6, 6.07) is 49.5. The molecule has 3 heterocycles. The van der Waals surface area contributed by atoms with Crippen molar-refractivity contribution in [3.8, 4) is 28.7 Å². The average molecular weight is 777 g/mol. The van der Waals surface area contributed by atoms with E-state index in [-0.39, 0.29) is 0 Å². The van der Waals surface area contributed by atoms with Crippen LogP contribution in [-0.4, -0.2) is 19.5 Å². The van der Waals surface area contributed by atoms with Gasteiger partial charge in [0.2, 0.25) is 5.95 Å². The summed E-state index contributed by atoms with van der Waals surface area (Å²) >= 11 is 0. The highest BCUT2D eigenvalue weighted by atomic mass is 16.3. The van der Waals surface area contributed by atoms with E-state index < -0.39 is 0 Å². The van der Waals surface area contributed by atoms with Crippen LogP contribution >= 0.6 is 0 Å². The lowest BCUT2D eigenvalue weighted by molar-refractivity contribution is 0.667. The highest BCUT2D eigenvalue weighted by Crippen LogP contribution is 2.45. The van der Waals surface area contributed by atoms with E-state index in [0.717, 1.165) is 62.7 Å². The second-order valence-electron chi connectivity index (χ2n) is 16.2. The lowest BCUT2D eigenvalue weighted by Gasteiger charge is -2.22. The Labute approximate surface area is 349 Å². The molecule has 2 aliphatic carbocycles. The first-order valence-electron chi connectivity index (χ1n) is 21.3. The van der Waals surface area contributed by atoms with Crippen LogP contribution < -0.4 is 0 Å². The summed E-state index contributed by atoms with van der Waals surface area (Å²) < 4.78 is 8.86. The fourth-order valence-electron chi connectivity index (χ4n) is 9.57. The fraction of sp³-hybridized carbons (Fsp3) is 0.145. The van der Waals surface area contributed by atoms with Crippen LogP contribution in [-0.2, 0) is 12.8 Å². The summed E-state index contributed by atoms with van der Waals surface area (Å²) in [5.74, 6) is 2.71. The van der Waals surface area contributed by atoms with Crippen molar-refractivity contribution >= 4 is 66.0 Å². The molecule has 0 saturated carbocycles. The van der Waals surface area contributed by atoms with Crippen molar-refractivity contribution in [1.29, 1.82) is 0 Å². The normalized spacial score (nSPS) is 15.9. The molecule has 2 unspecified atom stereocenters. The van der Waals surface area contributed by atoms with Crippen LogP contribution in [0.25, 0.3) is 94.8 Å². The van der Waals surface area contributed by atoms with Crippen LogP contribution in [0.1, 0.15) is 55.6 Å². The standard InChI is InChI=1S/C53H38N4O.C2H6/c1-31-16-22-40-37(26-31)21-25-47-48(40)45-30-38(20-24-46(45)58-47)43-27-32(2)28-44-42-23-19-34-11-8-9-15-41(34)49(42)57(50(43)44)53-55-51(35-12-4-3-5-13-35)54-52(56-53)39-18-17-33-10-6-7-14-36(33)29-39;1-2/h3-25,27,29-32H,26,28H2,1-2H3;1-2H3. The number of hydrogen-bond acceptors (Lipinski definition) is 4. The summed E-state index contributed by atoms with van der Waals surface area (Å²) in [5.41, 5.74) is 12.2. The van der Waals surface area contributed by atoms with Crippen LogP contribution in [0, 0.1) is 11.8 Å². The van der Waals surface area contributed by atoms with Crippen LogP contribution in [0.5, 0.6) is 0 Å². The molecule has 12 rings (SSSR count). The zero-order valence-electron chi connectivity index (χ0n) is 34.3. The Morgan fingerprint density at radius 1 is 0.567 bits per heavy atom. The number of benzene rings is 7. The molecule has 290 valence electrons. The summed E-state index contributed by atoms with van der Waals surface area (Å²) in [4.78, 5) is 16.0. The highest BCUT2D eigenvalue weighted by Gasteiger charge is 2.30. The Morgan fingerprint density at radius 2 is 1.28 bits per heavy atom. The maximum atomic E-state index is 6.52. The van der Waals surface area contributed by atoms with Crippen molar-refractivity contribution in [3.05, 3.63) is 180 Å². The number of aromatic nitrogens is 4. The second kappa shape index (κ2) is 14.3. The van der Waals surface area contributed by atoms with Crippen LogP contribution in [0.2, 0.25) is 0 Å². The highest BCUT2D eigenvalue weighted by molar-refractivity contribution is 6.13. The smallest absolute Gasteiger partial charge is 0.238 e. The van der Waals surface area contributed by atoms with Gasteiger partial charge in [0.15, 0.2) is 11.6 Å². The molecule has 5 heteroatoms. The van der Waals surface area contributed by atoms with Gasteiger partial charge in [-0.25, -0.2) is 4.98 Å². The topological polar surface area (TPSA) is 56.7 Å². The van der Waals surface area contributed by atoms with Gasteiger partial charge in [0.05, 0.1) is 11.2 Å². The van der Waals surface area contributed by atoms with Crippen molar-refractivity contribution in [3.63, 3.8) is 0 Å². The molecular formula is C55H44N4O. The minimum absolute atomic E-state index is 0.313. The van der Waals surface area contributed by atoms with Gasteiger partial charge in [0, 0.05) is 38.2 Å². The molecule has 60 heavy (non-hydrogen) atoms. The van der Waals surface area contributed by atoms with Crippen LogP contribution in [0.3, 0.4) is 0 Å². The lowest BCUT2D eigenvalue weighted by Crippen LogP contribution is -2.13.